The topological polar surface area (TPSA) is 130 Å². The smallest absolute Gasteiger partial charge is 0.267 e. The molecule has 0 bridgehead atoms. The Bertz CT molecular complexity index is 1450. The summed E-state index contributed by atoms with van der Waals surface area (Å²) < 4.78 is 41.6. The van der Waals surface area contributed by atoms with Gasteiger partial charge in [0, 0.05) is 18.3 Å². The maximum atomic E-state index is 13.6. The molecular weight excluding hydrogens is 464 g/mol. The Morgan fingerprint density at radius 3 is 2.26 bits per heavy atom. The maximum absolute atomic E-state index is 13.6. The van der Waals surface area contributed by atoms with Crippen molar-refractivity contribution in [3.05, 3.63) is 35.2 Å². The van der Waals surface area contributed by atoms with Crippen molar-refractivity contribution in [1.82, 2.24) is 14.8 Å². The number of amides is 2. The number of carbonyl (C=O) groups excluding carboxylic acids is 2. The second-order valence-corrected chi connectivity index (χ2v) is 10.4. The summed E-state index contributed by atoms with van der Waals surface area (Å²) in [7, 11) is 1.19. The largest absolute Gasteiger partial charge is 0.493 e. The molecule has 5 rings (SSSR count). The molecule has 11 nitrogen and oxygen atoms in total. The van der Waals surface area contributed by atoms with Crippen molar-refractivity contribution in [2.24, 2.45) is 0 Å². The number of fused-ring (bicyclic) bond motifs is 3. The van der Waals surface area contributed by atoms with Crippen molar-refractivity contribution in [3.8, 4) is 17.2 Å². The molecule has 1 fully saturated rings. The molecule has 0 spiro atoms. The van der Waals surface area contributed by atoms with E-state index in [1.807, 2.05) is 0 Å². The Morgan fingerprint density at radius 1 is 1.03 bits per heavy atom. The second-order valence-electron chi connectivity index (χ2n) is 8.16. The number of sulfone groups is 1. The number of hydrogen-bond acceptors (Lipinski definition) is 9. The molecule has 0 radical (unpaired) electrons. The highest BCUT2D eigenvalue weighted by molar-refractivity contribution is 7.91. The predicted octanol–water partition coefficient (Wildman–Crippen LogP) is 1.93. The summed E-state index contributed by atoms with van der Waals surface area (Å²) >= 11 is 0. The van der Waals surface area contributed by atoms with Gasteiger partial charge in [0.05, 0.1) is 66.8 Å². The lowest BCUT2D eigenvalue weighted by Crippen LogP contribution is -2.29. The van der Waals surface area contributed by atoms with Crippen LogP contribution in [0.15, 0.2) is 18.3 Å². The number of pyridine rings is 1. The zero-order chi connectivity index (χ0) is 24.4. The number of aromatic nitrogens is 3. The van der Waals surface area contributed by atoms with Gasteiger partial charge in [0.2, 0.25) is 5.75 Å². The predicted molar refractivity (Wildman–Crippen MR) is 122 cm³/mol. The number of hydrogen-bond donors (Lipinski definition) is 0. The summed E-state index contributed by atoms with van der Waals surface area (Å²) in [6.07, 6.45) is 1.76. The minimum atomic E-state index is -3.15. The minimum absolute atomic E-state index is 0.0353. The van der Waals surface area contributed by atoms with Gasteiger partial charge >= 0.3 is 0 Å². The molecule has 0 saturated carbocycles. The zero-order valence-corrected chi connectivity index (χ0v) is 19.8. The van der Waals surface area contributed by atoms with E-state index in [0.29, 0.717) is 40.4 Å². The van der Waals surface area contributed by atoms with Crippen LogP contribution in [0.4, 0.5) is 5.69 Å². The molecule has 0 aliphatic carbocycles. The van der Waals surface area contributed by atoms with E-state index in [1.54, 1.807) is 11.6 Å². The van der Waals surface area contributed by atoms with Gasteiger partial charge in [0.1, 0.15) is 0 Å². The highest BCUT2D eigenvalue weighted by Gasteiger charge is 2.41. The van der Waals surface area contributed by atoms with Crippen LogP contribution in [0.25, 0.3) is 11.0 Å². The van der Waals surface area contributed by atoms with Crippen molar-refractivity contribution in [2.45, 2.75) is 19.4 Å². The molecule has 1 aromatic carbocycles. The van der Waals surface area contributed by atoms with Crippen LogP contribution in [0.5, 0.6) is 17.2 Å². The number of methoxy groups -OCH3 is 3. The van der Waals surface area contributed by atoms with Gasteiger partial charge < -0.3 is 14.2 Å². The number of anilines is 1. The van der Waals surface area contributed by atoms with E-state index in [2.05, 4.69) is 10.1 Å². The maximum Gasteiger partial charge on any atom is 0.267 e. The normalized spacial score (nSPS) is 19.1. The number of benzene rings is 1. The highest BCUT2D eigenvalue weighted by Crippen LogP contribution is 2.43. The third-order valence-electron chi connectivity index (χ3n) is 6.21. The van der Waals surface area contributed by atoms with Gasteiger partial charge in [0.25, 0.3) is 11.8 Å². The summed E-state index contributed by atoms with van der Waals surface area (Å²) in [4.78, 5) is 32.3. The van der Waals surface area contributed by atoms with Gasteiger partial charge in [-0.25, -0.2) is 23.0 Å². The van der Waals surface area contributed by atoms with E-state index >= 15 is 0 Å². The Labute approximate surface area is 195 Å². The Morgan fingerprint density at radius 2 is 1.71 bits per heavy atom. The first-order valence-corrected chi connectivity index (χ1v) is 12.3. The molecule has 0 N–H and O–H groups in total. The third-order valence-corrected chi connectivity index (χ3v) is 7.96. The summed E-state index contributed by atoms with van der Waals surface area (Å²) in [6.45, 7) is 1.71. The van der Waals surface area contributed by atoms with Crippen molar-refractivity contribution in [1.29, 1.82) is 0 Å². The Kier molecular flexibility index (Phi) is 5.01. The fraction of sp³-hybridized carbons (Fsp3) is 0.364. The molecule has 2 aliphatic rings. The summed E-state index contributed by atoms with van der Waals surface area (Å²) in [6, 6.07) is 2.67. The molecule has 1 atom stereocenters. The molecule has 3 aromatic rings. The van der Waals surface area contributed by atoms with E-state index in [9.17, 15) is 18.0 Å². The number of aryl methyl sites for hydroxylation is 1. The quantitative estimate of drug-likeness (QED) is 0.497. The lowest BCUT2D eigenvalue weighted by Gasteiger charge is -2.18. The van der Waals surface area contributed by atoms with Gasteiger partial charge in [-0.1, -0.05) is 0 Å². The van der Waals surface area contributed by atoms with E-state index in [-0.39, 0.29) is 34.4 Å². The van der Waals surface area contributed by atoms with Crippen LogP contribution in [0, 0.1) is 6.92 Å². The van der Waals surface area contributed by atoms with Gasteiger partial charge in [-0.15, -0.1) is 0 Å². The SMILES string of the molecule is COc1cc(N2C(=O)c3cnc4c(c(C)nn4C4CCS(=O)(=O)C4)c3C2=O)cc(OC)c1OC. The Balaban J connectivity index is 1.64. The molecule has 2 aromatic heterocycles. The molecule has 2 amide bonds. The number of nitrogens with zero attached hydrogens (tertiary/aromatic N) is 4. The van der Waals surface area contributed by atoms with Crippen molar-refractivity contribution >= 4 is 38.4 Å². The number of imide groups is 1. The average molecular weight is 487 g/mol. The summed E-state index contributed by atoms with van der Waals surface area (Å²) in [5.74, 6) is -0.117. The van der Waals surface area contributed by atoms with Crippen LogP contribution in [-0.2, 0) is 9.84 Å². The van der Waals surface area contributed by atoms with Crippen LogP contribution < -0.4 is 19.1 Å². The lowest BCUT2D eigenvalue weighted by atomic mass is 10.1. The molecule has 2 aliphatic heterocycles. The van der Waals surface area contributed by atoms with Crippen molar-refractivity contribution in [2.75, 3.05) is 37.7 Å². The number of rotatable bonds is 5. The van der Waals surface area contributed by atoms with Crippen LogP contribution in [0.1, 0.15) is 38.9 Å². The average Bonchev–Trinajstić information content (AvgIpc) is 3.43. The van der Waals surface area contributed by atoms with Gasteiger partial charge in [-0.2, -0.15) is 5.10 Å². The molecule has 1 unspecified atom stereocenters. The van der Waals surface area contributed by atoms with Crippen molar-refractivity contribution in [3.63, 3.8) is 0 Å². The first kappa shape index (κ1) is 22.1. The summed E-state index contributed by atoms with van der Waals surface area (Å²) in [5, 5.41) is 4.94. The number of ether oxygens (including phenoxy) is 3. The first-order chi connectivity index (χ1) is 16.2. The third kappa shape index (κ3) is 3.12. The second kappa shape index (κ2) is 7.69. The zero-order valence-electron chi connectivity index (χ0n) is 19.0. The molecule has 34 heavy (non-hydrogen) atoms. The van der Waals surface area contributed by atoms with E-state index in [1.165, 1.54) is 39.7 Å². The summed E-state index contributed by atoms with van der Waals surface area (Å²) in [5.41, 5.74) is 1.46. The fourth-order valence-electron chi connectivity index (χ4n) is 4.64. The van der Waals surface area contributed by atoms with Crippen LogP contribution in [0.3, 0.4) is 0 Å². The van der Waals surface area contributed by atoms with Crippen LogP contribution >= 0.6 is 0 Å². The van der Waals surface area contributed by atoms with Crippen LogP contribution in [0.2, 0.25) is 0 Å². The number of carbonyl (C=O) groups is 2. The molecule has 4 heterocycles. The van der Waals surface area contributed by atoms with Crippen LogP contribution in [-0.4, -0.2) is 67.8 Å². The molecule has 12 heteroatoms. The molecule has 178 valence electrons. The molecule has 1 saturated heterocycles. The minimum Gasteiger partial charge on any atom is -0.493 e. The van der Waals surface area contributed by atoms with E-state index in [4.69, 9.17) is 14.2 Å². The van der Waals surface area contributed by atoms with E-state index < -0.39 is 21.7 Å². The fourth-order valence-corrected chi connectivity index (χ4v) is 6.33. The van der Waals surface area contributed by atoms with Gasteiger partial charge in [0.15, 0.2) is 27.0 Å². The first-order valence-electron chi connectivity index (χ1n) is 10.5. The van der Waals surface area contributed by atoms with Gasteiger partial charge in [-0.3, -0.25) is 9.59 Å². The monoisotopic (exact) mass is 486 g/mol. The highest BCUT2D eigenvalue weighted by atomic mass is 32.2. The van der Waals surface area contributed by atoms with Gasteiger partial charge in [-0.05, 0) is 13.3 Å². The lowest BCUT2D eigenvalue weighted by molar-refractivity contribution is 0.0926. The van der Waals surface area contributed by atoms with Crippen molar-refractivity contribution < 1.29 is 32.2 Å². The Hall–Kier alpha value is -3.67. The molecular formula is C22H22N4O7S. The van der Waals surface area contributed by atoms with E-state index in [0.717, 1.165) is 4.90 Å². The standard InChI is InChI=1S/C22H22N4O7S/c1-11-17-18-14(9-23-20(17)26(24-11)12-5-6-34(29,30)10-12)21(27)25(22(18)28)13-7-15(31-2)19(33-4)16(8-13)32-3/h7-9,12H,5-6,10H2,1-4H3.